The van der Waals surface area contributed by atoms with Gasteiger partial charge in [-0.15, -0.1) is 0 Å². The topological polar surface area (TPSA) is 49.3 Å². The molecule has 0 saturated heterocycles. The van der Waals surface area contributed by atoms with E-state index in [1.165, 1.54) is 0 Å². The summed E-state index contributed by atoms with van der Waals surface area (Å²) >= 11 is 0. The normalized spacial score (nSPS) is 9.30. The summed E-state index contributed by atoms with van der Waals surface area (Å²) in [6.45, 7) is 4.25. The predicted octanol–water partition coefficient (Wildman–Crippen LogP) is 1.65. The van der Waals surface area contributed by atoms with Gasteiger partial charge in [-0.05, 0) is 6.42 Å². The van der Waals surface area contributed by atoms with Gasteiger partial charge >= 0.3 is 6.09 Å². The second kappa shape index (κ2) is 6.39. The molecule has 1 amide bonds. The predicted molar refractivity (Wildman–Crippen MR) is 39.9 cm³/mol. The number of carboxylic acid groups (broad SMARTS) is 1. The highest BCUT2D eigenvalue weighted by atomic mass is 16.4. The van der Waals surface area contributed by atoms with Gasteiger partial charge in [-0.2, -0.15) is 0 Å². The number of nitrogens with one attached hydrogen (secondary N) is 1. The summed E-state index contributed by atoms with van der Waals surface area (Å²) in [4.78, 5) is 9.91. The Labute approximate surface area is 61.4 Å². The zero-order valence-electron chi connectivity index (χ0n) is 6.10. The van der Waals surface area contributed by atoms with E-state index in [-0.39, 0.29) is 0 Å². The fourth-order valence-corrected chi connectivity index (χ4v) is 0.674. The third-order valence-corrected chi connectivity index (χ3v) is 1.20. The number of rotatable bonds is 5. The third kappa shape index (κ3) is 7.27. The molecule has 10 heavy (non-hydrogen) atoms. The van der Waals surface area contributed by atoms with E-state index in [1.807, 2.05) is 0 Å². The fourth-order valence-electron chi connectivity index (χ4n) is 0.674. The van der Waals surface area contributed by atoms with Crippen molar-refractivity contribution in [2.45, 2.75) is 25.7 Å². The lowest BCUT2D eigenvalue weighted by Gasteiger charge is -1.98. The van der Waals surface area contributed by atoms with Crippen LogP contribution in [0.3, 0.4) is 0 Å². The van der Waals surface area contributed by atoms with Gasteiger partial charge in [0.05, 0.1) is 0 Å². The Morgan fingerprint density at radius 2 is 2.10 bits per heavy atom. The molecule has 2 N–H and O–H groups in total. The fraction of sp³-hybridized carbons (Fsp3) is 0.714. The van der Waals surface area contributed by atoms with Crippen LogP contribution in [0.25, 0.3) is 0 Å². The van der Waals surface area contributed by atoms with Crippen LogP contribution in [0.1, 0.15) is 25.7 Å². The highest BCUT2D eigenvalue weighted by molar-refractivity contribution is 5.64. The van der Waals surface area contributed by atoms with Gasteiger partial charge in [-0.1, -0.05) is 26.2 Å². The van der Waals surface area contributed by atoms with E-state index in [2.05, 4.69) is 12.2 Å². The van der Waals surface area contributed by atoms with E-state index in [9.17, 15) is 4.79 Å². The second-order valence-electron chi connectivity index (χ2n) is 2.15. The number of hydrogen-bond donors (Lipinski definition) is 2. The Morgan fingerprint density at radius 1 is 1.40 bits per heavy atom. The lowest BCUT2D eigenvalue weighted by atomic mass is 10.2. The zero-order valence-corrected chi connectivity index (χ0v) is 6.10. The van der Waals surface area contributed by atoms with E-state index in [1.54, 1.807) is 0 Å². The van der Waals surface area contributed by atoms with Gasteiger partial charge in [-0.3, -0.25) is 0 Å². The molecule has 0 unspecified atom stereocenters. The second-order valence-corrected chi connectivity index (χ2v) is 2.15. The average Bonchev–Trinajstić information content (AvgIpc) is 1.87. The molecule has 1 radical (unpaired) electrons. The Kier molecular flexibility index (Phi) is 5.92. The van der Waals surface area contributed by atoms with Gasteiger partial charge in [0.25, 0.3) is 0 Å². The van der Waals surface area contributed by atoms with E-state index in [0.29, 0.717) is 6.54 Å². The highest BCUT2D eigenvalue weighted by Crippen LogP contribution is 1.96. The first-order chi connectivity index (χ1) is 4.77. The van der Waals surface area contributed by atoms with Gasteiger partial charge in [0.2, 0.25) is 0 Å². The largest absolute Gasteiger partial charge is 0.465 e. The first-order valence-corrected chi connectivity index (χ1v) is 3.53. The molecule has 0 heterocycles. The molecule has 0 aliphatic rings. The number of hydrogen-bond acceptors (Lipinski definition) is 1. The molecular weight excluding hydrogens is 130 g/mol. The first-order valence-electron chi connectivity index (χ1n) is 3.53. The Hall–Kier alpha value is -0.730. The summed E-state index contributed by atoms with van der Waals surface area (Å²) < 4.78 is 0. The Balaban J connectivity index is 2.84. The van der Waals surface area contributed by atoms with Gasteiger partial charge in [0.1, 0.15) is 0 Å². The van der Waals surface area contributed by atoms with E-state index in [4.69, 9.17) is 5.11 Å². The van der Waals surface area contributed by atoms with Crippen LogP contribution in [-0.2, 0) is 0 Å². The van der Waals surface area contributed by atoms with Gasteiger partial charge in [0.15, 0.2) is 0 Å². The van der Waals surface area contributed by atoms with Crippen molar-refractivity contribution >= 4 is 6.09 Å². The molecular formula is C7H14NO2. The minimum Gasteiger partial charge on any atom is -0.465 e. The molecule has 0 bridgehead atoms. The summed E-state index contributed by atoms with van der Waals surface area (Å²) in [5.41, 5.74) is 0. The van der Waals surface area contributed by atoms with E-state index < -0.39 is 6.09 Å². The molecule has 0 aromatic rings. The monoisotopic (exact) mass is 144 g/mol. The lowest BCUT2D eigenvalue weighted by molar-refractivity contribution is 0.194. The van der Waals surface area contributed by atoms with Crippen molar-refractivity contribution in [3.8, 4) is 0 Å². The Morgan fingerprint density at radius 3 is 2.60 bits per heavy atom. The molecule has 3 heteroatoms. The third-order valence-electron chi connectivity index (χ3n) is 1.20. The molecule has 3 nitrogen and oxygen atoms in total. The van der Waals surface area contributed by atoms with Crippen molar-refractivity contribution in [3.05, 3.63) is 6.92 Å². The maximum absolute atomic E-state index is 9.91. The summed E-state index contributed by atoms with van der Waals surface area (Å²) in [6.07, 6.45) is 3.06. The van der Waals surface area contributed by atoms with E-state index in [0.717, 1.165) is 25.7 Å². The van der Waals surface area contributed by atoms with Gasteiger partial charge < -0.3 is 10.4 Å². The quantitative estimate of drug-likeness (QED) is 0.576. The SMILES string of the molecule is [CH2]CCCCCNC(=O)O. The van der Waals surface area contributed by atoms with Crippen LogP contribution in [0.15, 0.2) is 0 Å². The summed E-state index contributed by atoms with van der Waals surface area (Å²) in [5.74, 6) is 0. The van der Waals surface area contributed by atoms with Crippen molar-refractivity contribution in [2.75, 3.05) is 6.54 Å². The molecule has 59 valence electrons. The van der Waals surface area contributed by atoms with Gasteiger partial charge in [-0.25, -0.2) is 4.79 Å². The van der Waals surface area contributed by atoms with E-state index >= 15 is 0 Å². The van der Waals surface area contributed by atoms with Crippen LogP contribution in [0.4, 0.5) is 4.79 Å². The maximum Gasteiger partial charge on any atom is 0.404 e. The number of carbonyl (C=O) groups is 1. The smallest absolute Gasteiger partial charge is 0.404 e. The summed E-state index contributed by atoms with van der Waals surface area (Å²) in [5, 5.41) is 10.4. The lowest BCUT2D eigenvalue weighted by Crippen LogP contribution is -2.21. The first kappa shape index (κ1) is 9.27. The van der Waals surface area contributed by atoms with Crippen LogP contribution in [0.5, 0.6) is 0 Å². The highest BCUT2D eigenvalue weighted by Gasteiger charge is 1.91. The Bertz CT molecular complexity index is 93.6. The minimum absolute atomic E-state index is 0.565. The van der Waals surface area contributed by atoms with Crippen molar-refractivity contribution in [2.24, 2.45) is 0 Å². The van der Waals surface area contributed by atoms with Crippen molar-refractivity contribution in [1.29, 1.82) is 0 Å². The summed E-state index contributed by atoms with van der Waals surface area (Å²) in [7, 11) is 0. The molecule has 0 spiro atoms. The standard InChI is InChI=1S/C7H14NO2/c1-2-3-4-5-6-8-7(9)10/h8H,1-6H2,(H,9,10). The number of unbranched alkanes of at least 4 members (excludes halogenated alkanes) is 3. The van der Waals surface area contributed by atoms with Crippen LogP contribution in [0.2, 0.25) is 0 Å². The molecule has 0 aliphatic heterocycles. The van der Waals surface area contributed by atoms with Crippen LogP contribution in [-0.4, -0.2) is 17.7 Å². The molecule has 0 fully saturated rings. The van der Waals surface area contributed by atoms with Crippen LogP contribution >= 0.6 is 0 Å². The minimum atomic E-state index is -0.936. The average molecular weight is 144 g/mol. The molecule has 0 aromatic heterocycles. The molecule has 0 atom stereocenters. The molecule has 0 saturated carbocycles. The molecule has 0 aromatic carbocycles. The summed E-state index contributed by atoms with van der Waals surface area (Å²) in [6, 6.07) is 0. The van der Waals surface area contributed by atoms with Crippen LogP contribution < -0.4 is 5.32 Å². The van der Waals surface area contributed by atoms with Crippen molar-refractivity contribution in [3.63, 3.8) is 0 Å². The van der Waals surface area contributed by atoms with Gasteiger partial charge in [0, 0.05) is 6.54 Å². The van der Waals surface area contributed by atoms with Crippen molar-refractivity contribution in [1.82, 2.24) is 5.32 Å². The van der Waals surface area contributed by atoms with Crippen molar-refractivity contribution < 1.29 is 9.90 Å². The number of amides is 1. The molecule has 0 rings (SSSR count). The van der Waals surface area contributed by atoms with Crippen LogP contribution in [0, 0.1) is 6.92 Å². The zero-order chi connectivity index (χ0) is 7.82. The molecule has 0 aliphatic carbocycles. The maximum atomic E-state index is 9.91.